The topological polar surface area (TPSA) is 109 Å². The summed E-state index contributed by atoms with van der Waals surface area (Å²) in [5.74, 6) is -2.43. The van der Waals surface area contributed by atoms with E-state index < -0.39 is 29.2 Å². The van der Waals surface area contributed by atoms with E-state index >= 15 is 8.78 Å². The predicted octanol–water partition coefficient (Wildman–Crippen LogP) is 4.55. The lowest BCUT2D eigenvalue weighted by Crippen LogP contribution is -2.30. The Morgan fingerprint density at radius 1 is 1.11 bits per heavy atom. The number of rotatable bonds is 11. The van der Waals surface area contributed by atoms with E-state index in [4.69, 9.17) is 37.5 Å². The van der Waals surface area contributed by atoms with Gasteiger partial charge < -0.3 is 20.3 Å². The number of halogens is 3. The van der Waals surface area contributed by atoms with Crippen LogP contribution in [-0.2, 0) is 16.1 Å². The number of nitrogens with one attached hydrogen (secondary N) is 1. The second kappa shape index (κ2) is 12.4. The Labute approximate surface area is 212 Å². The molecule has 0 saturated carbocycles. The highest BCUT2D eigenvalue weighted by molar-refractivity contribution is 6.21. The standard InChI is InChI=1S/C26H26ClF2N3O4/c1-2-35-24(26(34)32(27)15-16-6-8-17(9-7-16)25(30)31)23-21(28)13-19(14-22(23)29)18-4-3-5-20(12-18)36-11-10-33/h3-9,12-14,24,33H,2,10-11,15H2,1H3,(H3,30,31). The van der Waals surface area contributed by atoms with Crippen LogP contribution < -0.4 is 10.5 Å². The maximum Gasteiger partial charge on any atom is 0.271 e. The zero-order chi connectivity index (χ0) is 26.2. The SMILES string of the molecule is CCOC(C(=O)N(Cl)Cc1ccc(C(=N)N)cc1)c1c(F)cc(-c2cccc(OCCO)c2)cc1F. The Kier molecular flexibility index (Phi) is 9.35. The van der Waals surface area contributed by atoms with Gasteiger partial charge in [0.2, 0.25) is 0 Å². The highest BCUT2D eigenvalue weighted by atomic mass is 35.5. The Balaban J connectivity index is 1.86. The van der Waals surface area contributed by atoms with E-state index in [1.54, 1.807) is 55.5 Å². The average Bonchev–Trinajstić information content (AvgIpc) is 2.86. The number of nitrogen functional groups attached to an aromatic ring is 1. The van der Waals surface area contributed by atoms with Gasteiger partial charge in [-0.1, -0.05) is 36.4 Å². The van der Waals surface area contributed by atoms with Crippen LogP contribution in [0.15, 0.2) is 60.7 Å². The molecule has 190 valence electrons. The largest absolute Gasteiger partial charge is 0.491 e. The van der Waals surface area contributed by atoms with E-state index in [0.717, 1.165) is 16.6 Å². The van der Waals surface area contributed by atoms with Crippen molar-refractivity contribution in [1.29, 1.82) is 5.41 Å². The molecule has 36 heavy (non-hydrogen) atoms. The van der Waals surface area contributed by atoms with Crippen LogP contribution >= 0.6 is 11.8 Å². The molecule has 0 bridgehead atoms. The molecule has 1 unspecified atom stereocenters. The van der Waals surface area contributed by atoms with Crippen LogP contribution in [0, 0.1) is 17.0 Å². The van der Waals surface area contributed by atoms with Gasteiger partial charge >= 0.3 is 0 Å². The number of nitrogens with zero attached hydrogens (tertiary/aromatic N) is 1. The molecular weight excluding hydrogens is 492 g/mol. The van der Waals surface area contributed by atoms with Crippen LogP contribution in [0.4, 0.5) is 8.78 Å². The van der Waals surface area contributed by atoms with Crippen LogP contribution in [0.1, 0.15) is 29.7 Å². The highest BCUT2D eigenvalue weighted by Crippen LogP contribution is 2.32. The maximum atomic E-state index is 15.2. The fraction of sp³-hybridized carbons (Fsp3) is 0.231. The van der Waals surface area contributed by atoms with Crippen molar-refractivity contribution >= 4 is 23.5 Å². The van der Waals surface area contributed by atoms with E-state index in [9.17, 15) is 4.79 Å². The summed E-state index contributed by atoms with van der Waals surface area (Å²) in [5, 5.41) is 16.4. The van der Waals surface area contributed by atoms with Gasteiger partial charge in [0, 0.05) is 23.9 Å². The van der Waals surface area contributed by atoms with Crippen molar-refractivity contribution < 1.29 is 28.2 Å². The molecule has 0 radical (unpaired) electrons. The zero-order valence-electron chi connectivity index (χ0n) is 19.5. The number of nitrogens with two attached hydrogens (primary N) is 1. The Hall–Kier alpha value is -3.53. The smallest absolute Gasteiger partial charge is 0.271 e. The van der Waals surface area contributed by atoms with Crippen molar-refractivity contribution in [3.05, 3.63) is 89.0 Å². The summed E-state index contributed by atoms with van der Waals surface area (Å²) in [7, 11) is 0. The van der Waals surface area contributed by atoms with Gasteiger partial charge in [0.1, 0.15) is 29.8 Å². The van der Waals surface area contributed by atoms with Crippen molar-refractivity contribution in [2.75, 3.05) is 19.8 Å². The number of hydrogen-bond acceptors (Lipinski definition) is 5. The molecule has 0 aromatic heterocycles. The molecule has 0 aliphatic rings. The molecule has 0 spiro atoms. The van der Waals surface area contributed by atoms with E-state index in [1.165, 1.54) is 0 Å². The van der Waals surface area contributed by atoms with Crippen molar-refractivity contribution in [2.45, 2.75) is 19.6 Å². The normalized spacial score (nSPS) is 11.7. The molecule has 7 nitrogen and oxygen atoms in total. The van der Waals surface area contributed by atoms with Crippen molar-refractivity contribution in [2.24, 2.45) is 5.73 Å². The number of amidine groups is 1. The van der Waals surface area contributed by atoms with Gasteiger partial charge in [-0.25, -0.2) is 13.2 Å². The predicted molar refractivity (Wildman–Crippen MR) is 133 cm³/mol. The first-order chi connectivity index (χ1) is 17.2. The number of benzene rings is 3. The average molecular weight is 518 g/mol. The second-order valence-corrected chi connectivity index (χ2v) is 8.17. The molecule has 0 aliphatic carbocycles. The second-order valence-electron chi connectivity index (χ2n) is 7.76. The molecule has 0 aliphatic heterocycles. The minimum Gasteiger partial charge on any atom is -0.491 e. The zero-order valence-corrected chi connectivity index (χ0v) is 20.3. The van der Waals surface area contributed by atoms with Gasteiger partial charge in [0.25, 0.3) is 5.91 Å². The monoisotopic (exact) mass is 517 g/mol. The fourth-order valence-electron chi connectivity index (χ4n) is 3.53. The summed E-state index contributed by atoms with van der Waals surface area (Å²) in [4.78, 5) is 13.1. The number of carbonyl (C=O) groups excluding carboxylic acids is 1. The lowest BCUT2D eigenvalue weighted by molar-refractivity contribution is -0.139. The lowest BCUT2D eigenvalue weighted by atomic mass is 9.99. The van der Waals surface area contributed by atoms with E-state index in [2.05, 4.69) is 0 Å². The van der Waals surface area contributed by atoms with Crippen LogP contribution in [0.25, 0.3) is 11.1 Å². The summed E-state index contributed by atoms with van der Waals surface area (Å²) in [6.07, 6.45) is -1.60. The number of amides is 1. The number of ether oxygens (including phenoxy) is 2. The molecule has 3 aromatic carbocycles. The third-order valence-corrected chi connectivity index (χ3v) is 5.54. The summed E-state index contributed by atoms with van der Waals surface area (Å²) in [6, 6.07) is 15.3. The van der Waals surface area contributed by atoms with Gasteiger partial charge in [0.05, 0.1) is 18.7 Å². The van der Waals surface area contributed by atoms with Gasteiger partial charge in [-0.2, -0.15) is 0 Å². The maximum absolute atomic E-state index is 15.2. The molecule has 1 atom stereocenters. The number of hydrogen-bond donors (Lipinski definition) is 3. The summed E-state index contributed by atoms with van der Waals surface area (Å²) >= 11 is 6.20. The number of aliphatic hydroxyl groups is 1. The van der Waals surface area contributed by atoms with Gasteiger partial charge in [-0.05, 0) is 47.9 Å². The summed E-state index contributed by atoms with van der Waals surface area (Å²) in [5.41, 5.74) is 6.75. The van der Waals surface area contributed by atoms with Crippen molar-refractivity contribution in [3.8, 4) is 16.9 Å². The Morgan fingerprint density at radius 2 is 1.78 bits per heavy atom. The van der Waals surface area contributed by atoms with Gasteiger partial charge in [-0.15, -0.1) is 0 Å². The minimum absolute atomic E-state index is 0.0132. The van der Waals surface area contributed by atoms with E-state index in [1.807, 2.05) is 0 Å². The van der Waals surface area contributed by atoms with Crippen molar-refractivity contribution in [1.82, 2.24) is 4.42 Å². The third-order valence-electron chi connectivity index (χ3n) is 5.25. The van der Waals surface area contributed by atoms with Gasteiger partial charge in [-0.3, -0.25) is 10.2 Å². The number of aliphatic hydroxyl groups excluding tert-OH is 1. The Bertz CT molecular complexity index is 1200. The molecule has 0 fully saturated rings. The number of carbonyl (C=O) groups is 1. The molecule has 10 heteroatoms. The first kappa shape index (κ1) is 27.1. The van der Waals surface area contributed by atoms with Crippen LogP contribution in [0.2, 0.25) is 0 Å². The molecule has 1 amide bonds. The molecule has 0 heterocycles. The van der Waals surface area contributed by atoms with Crippen LogP contribution in [-0.4, -0.2) is 41.1 Å². The highest BCUT2D eigenvalue weighted by Gasteiger charge is 2.31. The molecule has 4 N–H and O–H groups in total. The van der Waals surface area contributed by atoms with Gasteiger partial charge in [0.15, 0.2) is 6.10 Å². The summed E-state index contributed by atoms with van der Waals surface area (Å²) < 4.78 is 42.0. The molecule has 3 rings (SSSR count). The Morgan fingerprint density at radius 3 is 2.36 bits per heavy atom. The lowest BCUT2D eigenvalue weighted by Gasteiger charge is -2.23. The first-order valence-electron chi connectivity index (χ1n) is 11.1. The third kappa shape index (κ3) is 6.57. The first-order valence-corrected chi connectivity index (χ1v) is 11.4. The quantitative estimate of drug-likeness (QED) is 0.196. The van der Waals surface area contributed by atoms with E-state index in [-0.39, 0.29) is 37.8 Å². The summed E-state index contributed by atoms with van der Waals surface area (Å²) in [6.45, 7) is 1.46. The van der Waals surface area contributed by atoms with E-state index in [0.29, 0.717) is 22.4 Å². The molecule has 0 saturated heterocycles. The molecular formula is C26H26ClF2N3O4. The fourth-order valence-corrected chi connectivity index (χ4v) is 3.76. The minimum atomic E-state index is -1.60. The van der Waals surface area contributed by atoms with Crippen LogP contribution in [0.5, 0.6) is 5.75 Å². The van der Waals surface area contributed by atoms with Crippen LogP contribution in [0.3, 0.4) is 0 Å². The van der Waals surface area contributed by atoms with Crippen molar-refractivity contribution in [3.63, 3.8) is 0 Å². The molecule has 3 aromatic rings.